The van der Waals surface area contributed by atoms with E-state index < -0.39 is 17.7 Å². The molecular weight excluding hydrogens is 877 g/mol. The second-order valence-electron chi connectivity index (χ2n) is 17.0. The van der Waals surface area contributed by atoms with Gasteiger partial charge in [0.15, 0.2) is 0 Å². The lowest BCUT2D eigenvalue weighted by Crippen LogP contribution is -2.16. The summed E-state index contributed by atoms with van der Waals surface area (Å²) >= 11 is 0. The van der Waals surface area contributed by atoms with Gasteiger partial charge < -0.3 is 50.7 Å². The number of ether oxygens (including phenoxy) is 1. The Kier molecular flexibility index (Phi) is 26.7. The highest BCUT2D eigenvalue weighted by molar-refractivity contribution is 5.97. The van der Waals surface area contributed by atoms with Gasteiger partial charge >= 0.3 is 11.9 Å². The quantitative estimate of drug-likeness (QED) is 0.0399. The van der Waals surface area contributed by atoms with E-state index >= 15 is 0 Å². The number of rotatable bonds is 19. The summed E-state index contributed by atoms with van der Waals surface area (Å²) in [4.78, 5) is 58.4. The van der Waals surface area contributed by atoms with Gasteiger partial charge in [0.25, 0.3) is 0 Å². The maximum Gasteiger partial charge on any atom is 0.342 e. The number of aliphatic hydroxyl groups is 2. The maximum atomic E-state index is 12.3. The van der Waals surface area contributed by atoms with Gasteiger partial charge in [-0.05, 0) is 139 Å². The minimum absolute atomic E-state index is 0.0305. The number of ketones is 3. The van der Waals surface area contributed by atoms with Gasteiger partial charge in [0, 0.05) is 56.7 Å². The Morgan fingerprint density at radius 3 is 1.76 bits per heavy atom. The van der Waals surface area contributed by atoms with Crippen LogP contribution in [-0.2, 0) is 19.1 Å². The van der Waals surface area contributed by atoms with Gasteiger partial charge in [0.1, 0.15) is 63.0 Å². The van der Waals surface area contributed by atoms with E-state index in [0.29, 0.717) is 95.5 Å². The Labute approximate surface area is 398 Å². The zero-order chi connectivity index (χ0) is 50.6. The Bertz CT molecular complexity index is 2160. The molecule has 3 atom stereocenters. The van der Waals surface area contributed by atoms with Crippen molar-refractivity contribution in [3.05, 3.63) is 88.5 Å². The fourth-order valence-corrected chi connectivity index (χ4v) is 7.04. The van der Waals surface area contributed by atoms with Crippen molar-refractivity contribution >= 4 is 47.5 Å². The molecule has 0 saturated heterocycles. The SMILES string of the molecule is C[C@H](O)CCCC(=O)CCC/C=C/c1cc(O)cc(O)c1.C[C@H](O)CCCC(=O)CCC/C=C/c1cc(O)cc(O)c1C(=O)O.C[C@H]1CCCC(=O)CCC/C=C/c2cc(O)cc(O)c2C(=O)O1. The number of fused-ring (bicyclic) bond motifs is 1. The Hall–Kier alpha value is -6.45. The summed E-state index contributed by atoms with van der Waals surface area (Å²) in [6.07, 6.45) is 20.6. The summed E-state index contributed by atoms with van der Waals surface area (Å²) < 4.78 is 5.35. The van der Waals surface area contributed by atoms with Crippen molar-refractivity contribution in [1.82, 2.24) is 0 Å². The predicted octanol–water partition coefficient (Wildman–Crippen LogP) is 10.1. The monoisotopic (exact) mass is 946 g/mol. The van der Waals surface area contributed by atoms with Crippen LogP contribution in [-0.4, -0.2) is 93.6 Å². The van der Waals surface area contributed by atoms with Crippen LogP contribution in [0.3, 0.4) is 0 Å². The van der Waals surface area contributed by atoms with Crippen molar-refractivity contribution in [1.29, 1.82) is 0 Å². The molecule has 68 heavy (non-hydrogen) atoms. The molecule has 3 aromatic rings. The number of hydrogen-bond acceptors (Lipinski definition) is 14. The number of carboxylic acids is 1. The van der Waals surface area contributed by atoms with Gasteiger partial charge in [-0.25, -0.2) is 9.59 Å². The number of phenolic OH excluding ortho intramolecular Hbond substituents is 5. The van der Waals surface area contributed by atoms with Crippen molar-refractivity contribution in [3.8, 4) is 34.5 Å². The molecule has 0 saturated carbocycles. The summed E-state index contributed by atoms with van der Waals surface area (Å²) in [5.41, 5.74) is 1.14. The van der Waals surface area contributed by atoms with Gasteiger partial charge in [-0.15, -0.1) is 0 Å². The van der Waals surface area contributed by atoms with E-state index in [0.717, 1.165) is 43.4 Å². The molecule has 1 heterocycles. The largest absolute Gasteiger partial charge is 0.508 e. The number of hydrogen-bond donors (Lipinski definition) is 9. The van der Waals surface area contributed by atoms with E-state index in [1.54, 1.807) is 45.1 Å². The molecule has 0 spiro atoms. The van der Waals surface area contributed by atoms with E-state index in [4.69, 9.17) is 20.1 Å². The standard InChI is InChI=1S/C18H24O6.C18H22O5.C17H24O4/c1-12(19)6-5-9-14(20)8-4-2-3-7-13-10-15(21)11-16(22)17(13)18(23)24;1-12-6-5-9-14(19)8-4-2-3-7-13-10-15(20)11-16(21)17(13)18(22)23-12;1-13(18)6-5-9-15(19)8-4-2-3-7-14-10-16(20)12-17(21)11-14/h3,7,10-12,19,21-22H,2,4-6,8-9H2,1H3,(H,23,24);3,7,10-12,20-21H,2,4-6,8-9H2,1H3;3,7,10-13,18,20-21H,2,4-6,8-9H2,1H3/b3*7-3+/t2*12-;13-/m000/s1. The van der Waals surface area contributed by atoms with Crippen molar-refractivity contribution in [3.63, 3.8) is 0 Å². The molecule has 3 aromatic carbocycles. The van der Waals surface area contributed by atoms with Crippen LogP contribution in [0.15, 0.2) is 60.7 Å². The minimum Gasteiger partial charge on any atom is -0.508 e. The molecule has 1 aliphatic rings. The molecular formula is C53H70O15. The lowest BCUT2D eigenvalue weighted by atomic mass is 10.0. The molecule has 0 unspecified atom stereocenters. The second kappa shape index (κ2) is 31.5. The summed E-state index contributed by atoms with van der Waals surface area (Å²) in [6, 6.07) is 9.20. The summed E-state index contributed by atoms with van der Waals surface area (Å²) in [5.74, 6) is -2.37. The number of allylic oxidation sites excluding steroid dienone is 3. The third-order valence-corrected chi connectivity index (χ3v) is 10.5. The molecule has 0 bridgehead atoms. The number of unbranched alkanes of at least 4 members (excludes halogenated alkanes) is 2. The van der Waals surface area contributed by atoms with E-state index in [2.05, 4.69) is 0 Å². The number of aliphatic hydroxyl groups excluding tert-OH is 2. The second-order valence-corrected chi connectivity index (χ2v) is 17.0. The van der Waals surface area contributed by atoms with E-state index in [1.807, 2.05) is 18.2 Å². The molecule has 1 aliphatic heterocycles. The predicted molar refractivity (Wildman–Crippen MR) is 260 cm³/mol. The van der Waals surface area contributed by atoms with Crippen LogP contribution < -0.4 is 0 Å². The van der Waals surface area contributed by atoms with Crippen LogP contribution in [0.1, 0.15) is 174 Å². The molecule has 0 fully saturated rings. The molecule has 15 heteroatoms. The summed E-state index contributed by atoms with van der Waals surface area (Å²) in [5, 5.41) is 84.7. The summed E-state index contributed by atoms with van der Waals surface area (Å²) in [7, 11) is 0. The van der Waals surface area contributed by atoms with Crippen LogP contribution in [0.25, 0.3) is 18.2 Å². The topological polar surface area (TPSA) is 277 Å². The van der Waals surface area contributed by atoms with Gasteiger partial charge in [-0.2, -0.15) is 0 Å². The molecule has 9 N–H and O–H groups in total. The Morgan fingerprint density at radius 2 is 1.19 bits per heavy atom. The van der Waals surface area contributed by atoms with E-state index in [1.165, 1.54) is 24.3 Å². The fraction of sp³-hybridized carbons (Fsp3) is 0.453. The van der Waals surface area contributed by atoms with Gasteiger partial charge in [0.2, 0.25) is 0 Å². The number of carboxylic acid groups (broad SMARTS) is 1. The van der Waals surface area contributed by atoms with Gasteiger partial charge in [0.05, 0.1) is 18.3 Å². The number of carbonyl (C=O) groups excluding carboxylic acids is 4. The first-order valence-electron chi connectivity index (χ1n) is 23.3. The number of cyclic esters (lactones) is 1. The number of benzene rings is 3. The van der Waals surface area contributed by atoms with E-state index in [9.17, 15) is 54.6 Å². The first-order valence-corrected chi connectivity index (χ1v) is 23.3. The smallest absolute Gasteiger partial charge is 0.342 e. The molecule has 0 aromatic heterocycles. The van der Waals surface area contributed by atoms with Gasteiger partial charge in [-0.3, -0.25) is 14.4 Å². The number of Topliss-reactive ketones (excluding diaryl/α,β-unsaturated/α-hetero) is 3. The highest BCUT2D eigenvalue weighted by Gasteiger charge is 2.21. The molecule has 0 aliphatic carbocycles. The Balaban J connectivity index is 0.000000351. The number of aromatic carboxylic acids is 1. The fourth-order valence-electron chi connectivity index (χ4n) is 7.04. The first-order chi connectivity index (χ1) is 32.2. The third kappa shape index (κ3) is 24.4. The highest BCUT2D eigenvalue weighted by Crippen LogP contribution is 2.31. The molecule has 0 amide bonds. The average molecular weight is 947 g/mol. The number of carbonyl (C=O) groups is 5. The molecule has 0 radical (unpaired) electrons. The lowest BCUT2D eigenvalue weighted by molar-refractivity contribution is -0.120. The van der Waals surface area contributed by atoms with Crippen molar-refractivity contribution in [2.45, 2.75) is 155 Å². The average Bonchev–Trinajstić information content (AvgIpc) is 3.22. The zero-order valence-electron chi connectivity index (χ0n) is 39.4. The van der Waals surface area contributed by atoms with Crippen LogP contribution in [0.2, 0.25) is 0 Å². The molecule has 4 rings (SSSR count). The van der Waals surface area contributed by atoms with E-state index in [-0.39, 0.29) is 81.1 Å². The Morgan fingerprint density at radius 1 is 0.676 bits per heavy atom. The van der Waals surface area contributed by atoms with Crippen molar-refractivity contribution in [2.75, 3.05) is 0 Å². The highest BCUT2D eigenvalue weighted by atomic mass is 16.5. The van der Waals surface area contributed by atoms with Crippen LogP contribution in [0, 0.1) is 0 Å². The van der Waals surface area contributed by atoms with Crippen LogP contribution in [0.5, 0.6) is 34.5 Å². The number of esters is 1. The van der Waals surface area contributed by atoms with Crippen LogP contribution >= 0.6 is 0 Å². The van der Waals surface area contributed by atoms with Crippen LogP contribution in [0.4, 0.5) is 0 Å². The third-order valence-electron chi connectivity index (χ3n) is 10.5. The molecule has 15 nitrogen and oxygen atoms in total. The molecule has 372 valence electrons. The number of phenols is 6. The first kappa shape index (κ1) is 57.7. The normalized spacial score (nSPS) is 15.7. The lowest BCUT2D eigenvalue weighted by Gasteiger charge is -2.15. The minimum atomic E-state index is -1.28. The maximum absolute atomic E-state index is 12.3. The number of aromatic hydroxyl groups is 6. The van der Waals surface area contributed by atoms with Gasteiger partial charge in [-0.1, -0.05) is 36.5 Å². The van der Waals surface area contributed by atoms with Crippen molar-refractivity contribution in [2.24, 2.45) is 0 Å². The van der Waals surface area contributed by atoms with Crippen molar-refractivity contribution < 1.29 is 74.7 Å². The zero-order valence-corrected chi connectivity index (χ0v) is 39.4. The summed E-state index contributed by atoms with van der Waals surface area (Å²) in [6.45, 7) is 5.19.